The van der Waals surface area contributed by atoms with E-state index in [0.717, 1.165) is 22.8 Å². The Morgan fingerprint density at radius 2 is 1.70 bits per heavy atom. The molecule has 4 nitrogen and oxygen atoms in total. The Labute approximate surface area is 120 Å². The van der Waals surface area contributed by atoms with Gasteiger partial charge in [0.2, 0.25) is 0 Å². The average molecular weight is 272 g/mol. The summed E-state index contributed by atoms with van der Waals surface area (Å²) in [6.07, 6.45) is 5.10. The molecule has 1 aliphatic carbocycles. The second-order valence-corrected chi connectivity index (χ2v) is 6.35. The normalized spacial score (nSPS) is 23.4. The van der Waals surface area contributed by atoms with Crippen LogP contribution >= 0.6 is 0 Å². The maximum atomic E-state index is 6.13. The quantitative estimate of drug-likeness (QED) is 0.861. The Balaban J connectivity index is 2.17. The van der Waals surface area contributed by atoms with E-state index in [1.54, 1.807) is 0 Å². The zero-order valence-corrected chi connectivity index (χ0v) is 12.9. The van der Waals surface area contributed by atoms with Crippen molar-refractivity contribution in [3.05, 3.63) is 17.1 Å². The summed E-state index contributed by atoms with van der Waals surface area (Å²) in [5.41, 5.74) is 9.69. The molecule has 0 amide bonds. The van der Waals surface area contributed by atoms with E-state index in [1.807, 2.05) is 6.92 Å². The van der Waals surface area contributed by atoms with Gasteiger partial charge in [0, 0.05) is 11.7 Å². The number of rotatable bonds is 1. The Kier molecular flexibility index (Phi) is 3.19. The number of fused-ring (bicyclic) bond motifs is 1. The summed E-state index contributed by atoms with van der Waals surface area (Å²) < 4.78 is 2.42. The van der Waals surface area contributed by atoms with Crippen LogP contribution in [0.2, 0.25) is 0 Å². The van der Waals surface area contributed by atoms with Crippen LogP contribution in [0.3, 0.4) is 0 Å². The van der Waals surface area contributed by atoms with E-state index in [2.05, 4.69) is 35.3 Å². The molecular weight excluding hydrogens is 248 g/mol. The first-order valence-electron chi connectivity index (χ1n) is 7.60. The summed E-state index contributed by atoms with van der Waals surface area (Å²) in [5, 5.41) is 1.05. The van der Waals surface area contributed by atoms with E-state index in [9.17, 15) is 0 Å². The molecule has 0 radical (unpaired) electrons. The molecule has 0 saturated heterocycles. The number of anilines is 1. The van der Waals surface area contributed by atoms with Crippen LogP contribution in [-0.4, -0.2) is 14.5 Å². The lowest BCUT2D eigenvalue weighted by atomic mass is 9.87. The van der Waals surface area contributed by atoms with Gasteiger partial charge in [-0.1, -0.05) is 6.92 Å². The molecule has 0 aromatic carbocycles. The molecule has 20 heavy (non-hydrogen) atoms. The summed E-state index contributed by atoms with van der Waals surface area (Å²) in [4.78, 5) is 9.01. The molecule has 108 valence electrons. The van der Waals surface area contributed by atoms with Gasteiger partial charge in [-0.15, -0.1) is 0 Å². The van der Waals surface area contributed by atoms with Crippen LogP contribution in [0.4, 0.5) is 5.82 Å². The molecule has 0 unspecified atom stereocenters. The van der Waals surface area contributed by atoms with Gasteiger partial charge in [-0.2, -0.15) is 0 Å². The highest BCUT2D eigenvalue weighted by Crippen LogP contribution is 2.37. The van der Waals surface area contributed by atoms with Crippen molar-refractivity contribution in [2.24, 2.45) is 5.92 Å². The van der Waals surface area contributed by atoms with Gasteiger partial charge in [-0.05, 0) is 57.9 Å². The average Bonchev–Trinajstić information content (AvgIpc) is 2.63. The van der Waals surface area contributed by atoms with Crippen molar-refractivity contribution in [1.82, 2.24) is 14.5 Å². The van der Waals surface area contributed by atoms with E-state index >= 15 is 0 Å². The molecule has 2 aromatic rings. The van der Waals surface area contributed by atoms with Gasteiger partial charge < -0.3 is 10.3 Å². The first-order valence-corrected chi connectivity index (χ1v) is 7.60. The highest BCUT2D eigenvalue weighted by atomic mass is 15.1. The van der Waals surface area contributed by atoms with Crippen LogP contribution in [0.25, 0.3) is 11.0 Å². The number of hydrogen-bond acceptors (Lipinski definition) is 3. The van der Waals surface area contributed by atoms with E-state index in [1.165, 1.54) is 36.9 Å². The number of aromatic nitrogens is 3. The van der Waals surface area contributed by atoms with Crippen molar-refractivity contribution in [3.63, 3.8) is 0 Å². The second kappa shape index (κ2) is 4.76. The molecule has 2 heterocycles. The molecule has 2 aromatic heterocycles. The van der Waals surface area contributed by atoms with Gasteiger partial charge >= 0.3 is 0 Å². The van der Waals surface area contributed by atoms with Crippen LogP contribution < -0.4 is 5.73 Å². The SMILES string of the molecule is Cc1nc(N)c2c(C)c(C)n(C3CCC(C)CC3)c2n1. The van der Waals surface area contributed by atoms with Crippen LogP contribution in [-0.2, 0) is 0 Å². The fraction of sp³-hybridized carbons (Fsp3) is 0.625. The lowest BCUT2D eigenvalue weighted by Crippen LogP contribution is -2.18. The molecule has 3 rings (SSSR count). The zero-order valence-electron chi connectivity index (χ0n) is 12.9. The predicted molar refractivity (Wildman–Crippen MR) is 82.8 cm³/mol. The molecule has 0 atom stereocenters. The van der Waals surface area contributed by atoms with Crippen LogP contribution in [0.15, 0.2) is 0 Å². The fourth-order valence-electron chi connectivity index (χ4n) is 3.58. The summed E-state index contributed by atoms with van der Waals surface area (Å²) in [7, 11) is 0. The van der Waals surface area contributed by atoms with Crippen molar-refractivity contribution in [1.29, 1.82) is 0 Å². The zero-order chi connectivity index (χ0) is 14.4. The third-order valence-corrected chi connectivity index (χ3v) is 4.89. The number of hydrogen-bond donors (Lipinski definition) is 1. The van der Waals surface area contributed by atoms with Crippen LogP contribution in [0.5, 0.6) is 0 Å². The number of nitrogens with two attached hydrogens (primary N) is 1. The maximum absolute atomic E-state index is 6.13. The summed E-state index contributed by atoms with van der Waals surface area (Å²) in [6.45, 7) is 8.59. The smallest absolute Gasteiger partial charge is 0.146 e. The Bertz CT molecular complexity index is 648. The third-order valence-electron chi connectivity index (χ3n) is 4.89. The minimum atomic E-state index is 0.566. The molecule has 2 N–H and O–H groups in total. The molecule has 4 heteroatoms. The Morgan fingerprint density at radius 3 is 2.35 bits per heavy atom. The Hall–Kier alpha value is -1.58. The predicted octanol–water partition coefficient (Wildman–Crippen LogP) is 3.69. The van der Waals surface area contributed by atoms with Crippen molar-refractivity contribution in [3.8, 4) is 0 Å². The van der Waals surface area contributed by atoms with Gasteiger partial charge in [0.1, 0.15) is 17.3 Å². The third kappa shape index (κ3) is 1.98. The van der Waals surface area contributed by atoms with E-state index in [0.29, 0.717) is 11.9 Å². The van der Waals surface area contributed by atoms with Crippen molar-refractivity contribution >= 4 is 16.9 Å². The number of nitrogen functional groups attached to an aromatic ring is 1. The molecule has 1 saturated carbocycles. The highest BCUT2D eigenvalue weighted by molar-refractivity contribution is 5.91. The molecular formula is C16H24N4. The van der Waals surface area contributed by atoms with Gasteiger partial charge in [0.05, 0.1) is 5.39 Å². The monoisotopic (exact) mass is 272 g/mol. The number of nitrogens with zero attached hydrogens (tertiary/aromatic N) is 3. The molecule has 1 fully saturated rings. The minimum absolute atomic E-state index is 0.566. The van der Waals surface area contributed by atoms with Gasteiger partial charge in [-0.25, -0.2) is 9.97 Å². The largest absolute Gasteiger partial charge is 0.383 e. The van der Waals surface area contributed by atoms with E-state index in [4.69, 9.17) is 5.73 Å². The summed E-state index contributed by atoms with van der Waals surface area (Å²) >= 11 is 0. The molecule has 0 bridgehead atoms. The van der Waals surface area contributed by atoms with Crippen molar-refractivity contribution in [2.45, 2.75) is 59.4 Å². The van der Waals surface area contributed by atoms with Gasteiger partial charge in [-0.3, -0.25) is 0 Å². The fourth-order valence-corrected chi connectivity index (χ4v) is 3.58. The van der Waals surface area contributed by atoms with E-state index < -0.39 is 0 Å². The molecule has 0 aliphatic heterocycles. The van der Waals surface area contributed by atoms with Crippen molar-refractivity contribution < 1.29 is 0 Å². The van der Waals surface area contributed by atoms with Crippen LogP contribution in [0.1, 0.15) is 55.7 Å². The number of aryl methyl sites for hydroxylation is 2. The summed E-state index contributed by atoms with van der Waals surface area (Å²) in [5.74, 6) is 2.24. The lowest BCUT2D eigenvalue weighted by molar-refractivity contribution is 0.291. The molecule has 1 aliphatic rings. The first kappa shape index (κ1) is 13.4. The first-order chi connectivity index (χ1) is 9.49. The van der Waals surface area contributed by atoms with Crippen LogP contribution in [0, 0.1) is 26.7 Å². The highest BCUT2D eigenvalue weighted by Gasteiger charge is 2.25. The lowest BCUT2D eigenvalue weighted by Gasteiger charge is -2.29. The topological polar surface area (TPSA) is 56.7 Å². The summed E-state index contributed by atoms with van der Waals surface area (Å²) in [6, 6.07) is 0.566. The van der Waals surface area contributed by atoms with Gasteiger partial charge in [0.15, 0.2) is 0 Å². The van der Waals surface area contributed by atoms with Gasteiger partial charge in [0.25, 0.3) is 0 Å². The molecule has 0 spiro atoms. The maximum Gasteiger partial charge on any atom is 0.146 e. The standard InChI is InChI=1S/C16H24N4/c1-9-5-7-13(8-6-9)20-11(3)10(2)14-15(17)18-12(4)19-16(14)20/h9,13H,5-8H2,1-4H3,(H2,17,18,19). The second-order valence-electron chi connectivity index (χ2n) is 6.35. The van der Waals surface area contributed by atoms with Crippen molar-refractivity contribution in [2.75, 3.05) is 5.73 Å². The Morgan fingerprint density at radius 1 is 1.05 bits per heavy atom. The minimum Gasteiger partial charge on any atom is -0.383 e. The van der Waals surface area contributed by atoms with E-state index in [-0.39, 0.29) is 0 Å².